The number of hydrogen-bond acceptors (Lipinski definition) is 3. The largest absolute Gasteiger partial charge is 0.378 e. The summed E-state index contributed by atoms with van der Waals surface area (Å²) in [5.74, 6) is 0. The van der Waals surface area contributed by atoms with Crippen molar-refractivity contribution in [3.63, 3.8) is 0 Å². The van der Waals surface area contributed by atoms with Gasteiger partial charge in [-0.2, -0.15) is 0 Å². The molecule has 0 aliphatic carbocycles. The Morgan fingerprint density at radius 1 is 1.19 bits per heavy atom. The van der Waals surface area contributed by atoms with Crippen LogP contribution < -0.4 is 5.32 Å². The van der Waals surface area contributed by atoms with Gasteiger partial charge in [0.1, 0.15) is 0 Å². The van der Waals surface area contributed by atoms with E-state index in [0.717, 1.165) is 6.61 Å². The fourth-order valence-corrected chi connectivity index (χ4v) is 4.68. The van der Waals surface area contributed by atoms with E-state index in [-0.39, 0.29) is 0 Å². The van der Waals surface area contributed by atoms with E-state index in [0.29, 0.717) is 17.7 Å². The summed E-state index contributed by atoms with van der Waals surface area (Å²) >= 11 is 0. The van der Waals surface area contributed by atoms with Crippen LogP contribution in [0.2, 0.25) is 0 Å². The zero-order valence-electron chi connectivity index (χ0n) is 14.5. The second kappa shape index (κ2) is 8.50. The average Bonchev–Trinajstić information content (AvgIpc) is 3.20. The molecule has 0 amide bonds. The minimum atomic E-state index is 0.363. The van der Waals surface area contributed by atoms with Gasteiger partial charge in [-0.15, -0.1) is 0 Å². The molecular formula is C18H36N2O. The number of likely N-dealkylation sites (N-methyl/N-ethyl adjacent to an activating group) is 1. The van der Waals surface area contributed by atoms with Crippen LogP contribution in [0.3, 0.4) is 0 Å². The lowest BCUT2D eigenvalue weighted by atomic mass is 9.80. The van der Waals surface area contributed by atoms with Crippen LogP contribution in [-0.2, 0) is 4.74 Å². The first-order chi connectivity index (χ1) is 10.3. The van der Waals surface area contributed by atoms with Crippen molar-refractivity contribution < 1.29 is 4.74 Å². The summed E-state index contributed by atoms with van der Waals surface area (Å²) in [6.45, 7) is 8.34. The zero-order chi connectivity index (χ0) is 15.1. The Kier molecular flexibility index (Phi) is 6.97. The second-order valence-electron chi connectivity index (χ2n) is 6.91. The molecule has 3 heteroatoms. The highest BCUT2D eigenvalue weighted by atomic mass is 16.5. The summed E-state index contributed by atoms with van der Waals surface area (Å²) in [4.78, 5) is 2.78. The van der Waals surface area contributed by atoms with Crippen LogP contribution >= 0.6 is 0 Å². The fourth-order valence-electron chi connectivity index (χ4n) is 4.68. The summed E-state index contributed by atoms with van der Waals surface area (Å²) in [7, 11) is 2.16. The maximum atomic E-state index is 5.78. The Balaban J connectivity index is 1.90. The van der Waals surface area contributed by atoms with Gasteiger partial charge in [-0.25, -0.2) is 0 Å². The molecule has 2 atom stereocenters. The Morgan fingerprint density at radius 3 is 2.43 bits per heavy atom. The van der Waals surface area contributed by atoms with E-state index in [1.165, 1.54) is 70.9 Å². The highest BCUT2D eigenvalue weighted by molar-refractivity contribution is 4.99. The number of nitrogens with one attached hydrogen (secondary N) is 1. The van der Waals surface area contributed by atoms with Crippen LogP contribution in [0.25, 0.3) is 0 Å². The third-order valence-electron chi connectivity index (χ3n) is 6.00. The lowest BCUT2D eigenvalue weighted by Gasteiger charge is -2.47. The third kappa shape index (κ3) is 4.00. The van der Waals surface area contributed by atoms with Crippen molar-refractivity contribution in [3.8, 4) is 0 Å². The van der Waals surface area contributed by atoms with Crippen LogP contribution in [0.1, 0.15) is 71.6 Å². The van der Waals surface area contributed by atoms with Gasteiger partial charge in [-0.3, -0.25) is 4.90 Å². The van der Waals surface area contributed by atoms with Crippen molar-refractivity contribution in [1.29, 1.82) is 0 Å². The molecule has 0 bridgehead atoms. The van der Waals surface area contributed by atoms with Gasteiger partial charge < -0.3 is 10.1 Å². The summed E-state index contributed by atoms with van der Waals surface area (Å²) < 4.78 is 5.78. The van der Waals surface area contributed by atoms with Gasteiger partial charge in [0.25, 0.3) is 0 Å². The number of nitrogens with zero attached hydrogens (tertiary/aromatic N) is 1. The van der Waals surface area contributed by atoms with E-state index in [4.69, 9.17) is 4.74 Å². The lowest BCUT2D eigenvalue weighted by Crippen LogP contribution is -2.59. The quantitative estimate of drug-likeness (QED) is 0.704. The topological polar surface area (TPSA) is 24.5 Å². The summed E-state index contributed by atoms with van der Waals surface area (Å²) in [5.41, 5.74) is 0.363. The molecule has 0 aromatic rings. The van der Waals surface area contributed by atoms with E-state index in [9.17, 15) is 0 Å². The molecule has 0 spiro atoms. The molecule has 0 aromatic carbocycles. The van der Waals surface area contributed by atoms with Gasteiger partial charge in [0.2, 0.25) is 0 Å². The molecule has 2 fully saturated rings. The zero-order valence-corrected chi connectivity index (χ0v) is 14.5. The number of likely N-dealkylation sites (tertiary alicyclic amines) is 1. The van der Waals surface area contributed by atoms with Crippen molar-refractivity contribution in [3.05, 3.63) is 0 Å². The van der Waals surface area contributed by atoms with Crippen LogP contribution in [0.4, 0.5) is 0 Å². The number of hydrogen-bond donors (Lipinski definition) is 1. The third-order valence-corrected chi connectivity index (χ3v) is 6.00. The molecule has 2 rings (SSSR count). The monoisotopic (exact) mass is 296 g/mol. The second-order valence-corrected chi connectivity index (χ2v) is 6.91. The normalized spacial score (nSPS) is 25.6. The molecule has 2 aliphatic rings. The van der Waals surface area contributed by atoms with Gasteiger partial charge in [0.05, 0.1) is 6.10 Å². The van der Waals surface area contributed by atoms with Gasteiger partial charge in [0, 0.05) is 18.2 Å². The predicted molar refractivity (Wildman–Crippen MR) is 89.8 cm³/mol. The van der Waals surface area contributed by atoms with E-state index < -0.39 is 0 Å². The smallest absolute Gasteiger partial charge is 0.0576 e. The van der Waals surface area contributed by atoms with E-state index in [2.05, 4.69) is 31.1 Å². The first kappa shape index (κ1) is 17.2. The SMILES string of the molecule is CCC(CC)(C(CCCC1CCCO1)NC)N1CCCC1. The van der Waals surface area contributed by atoms with Gasteiger partial charge in [0.15, 0.2) is 0 Å². The molecule has 0 radical (unpaired) electrons. The summed E-state index contributed by atoms with van der Waals surface area (Å²) in [5, 5.41) is 3.66. The molecule has 3 nitrogen and oxygen atoms in total. The lowest BCUT2D eigenvalue weighted by molar-refractivity contribution is 0.0562. The average molecular weight is 296 g/mol. The first-order valence-electron chi connectivity index (χ1n) is 9.30. The first-order valence-corrected chi connectivity index (χ1v) is 9.30. The molecule has 1 N–H and O–H groups in total. The molecule has 2 unspecified atom stereocenters. The molecule has 2 heterocycles. The number of rotatable bonds is 9. The van der Waals surface area contributed by atoms with E-state index in [1.54, 1.807) is 0 Å². The Hall–Kier alpha value is -0.120. The molecule has 21 heavy (non-hydrogen) atoms. The van der Waals surface area contributed by atoms with Crippen molar-refractivity contribution >= 4 is 0 Å². The number of ether oxygens (including phenoxy) is 1. The van der Waals surface area contributed by atoms with Crippen LogP contribution in [0, 0.1) is 0 Å². The minimum absolute atomic E-state index is 0.363. The van der Waals surface area contributed by atoms with Crippen molar-refractivity contribution in [2.45, 2.75) is 89.3 Å². The van der Waals surface area contributed by atoms with E-state index >= 15 is 0 Å². The van der Waals surface area contributed by atoms with Crippen LogP contribution in [0.5, 0.6) is 0 Å². The Labute approximate surface area is 131 Å². The van der Waals surface area contributed by atoms with Crippen LogP contribution in [-0.4, -0.2) is 49.3 Å². The Bertz CT molecular complexity index is 279. The van der Waals surface area contributed by atoms with Crippen LogP contribution in [0.15, 0.2) is 0 Å². The maximum Gasteiger partial charge on any atom is 0.0576 e. The highest BCUT2D eigenvalue weighted by Crippen LogP contribution is 2.34. The molecular weight excluding hydrogens is 260 g/mol. The predicted octanol–water partition coefficient (Wildman–Crippen LogP) is 3.58. The molecule has 2 saturated heterocycles. The highest BCUT2D eigenvalue weighted by Gasteiger charge is 2.41. The van der Waals surface area contributed by atoms with Crippen molar-refractivity contribution in [2.75, 3.05) is 26.7 Å². The maximum absolute atomic E-state index is 5.78. The van der Waals surface area contributed by atoms with Gasteiger partial charge in [-0.1, -0.05) is 13.8 Å². The Morgan fingerprint density at radius 2 is 1.90 bits per heavy atom. The van der Waals surface area contributed by atoms with Gasteiger partial charge >= 0.3 is 0 Å². The van der Waals surface area contributed by atoms with Crippen molar-refractivity contribution in [1.82, 2.24) is 10.2 Å². The van der Waals surface area contributed by atoms with Crippen molar-refractivity contribution in [2.24, 2.45) is 0 Å². The molecule has 0 saturated carbocycles. The van der Waals surface area contributed by atoms with Gasteiger partial charge in [-0.05, 0) is 77.9 Å². The molecule has 0 aromatic heterocycles. The fraction of sp³-hybridized carbons (Fsp3) is 1.00. The summed E-state index contributed by atoms with van der Waals surface area (Å²) in [6, 6.07) is 0.618. The minimum Gasteiger partial charge on any atom is -0.378 e. The molecule has 124 valence electrons. The van der Waals surface area contributed by atoms with E-state index in [1.807, 2.05) is 0 Å². The molecule has 2 aliphatic heterocycles. The summed E-state index contributed by atoms with van der Waals surface area (Å²) in [6.07, 6.45) is 12.2. The standard InChI is InChI=1S/C18H36N2O/c1-4-18(5-2,20-13-6-7-14-20)17(19-3)12-8-10-16-11-9-15-21-16/h16-17,19H,4-15H2,1-3H3.